The van der Waals surface area contributed by atoms with Crippen molar-refractivity contribution in [3.05, 3.63) is 82.5 Å². The van der Waals surface area contributed by atoms with Gasteiger partial charge in [0.15, 0.2) is 5.78 Å². The van der Waals surface area contributed by atoms with Crippen molar-refractivity contribution < 1.29 is 9.59 Å². The highest BCUT2D eigenvalue weighted by molar-refractivity contribution is 9.10. The Morgan fingerprint density at radius 3 is 2.39 bits per heavy atom. The van der Waals surface area contributed by atoms with Crippen LogP contribution in [-0.4, -0.2) is 11.8 Å². The minimum atomic E-state index is -0.575. The summed E-state index contributed by atoms with van der Waals surface area (Å²) in [4.78, 5) is 24.8. The van der Waals surface area contributed by atoms with E-state index >= 15 is 0 Å². The van der Waals surface area contributed by atoms with Crippen LogP contribution in [0.1, 0.15) is 22.0 Å². The van der Waals surface area contributed by atoms with E-state index in [1.165, 1.54) is 0 Å². The summed E-state index contributed by atoms with van der Waals surface area (Å²) >= 11 is 3.49. The van der Waals surface area contributed by atoms with Crippen molar-refractivity contribution in [3.8, 4) is 0 Å². The maximum atomic E-state index is 12.9. The maximum Gasteiger partial charge on any atom is 0.319 e. The number of nitrogens with one attached hydrogen (secondary N) is 2. The van der Waals surface area contributed by atoms with Crippen LogP contribution in [-0.2, 0) is 0 Å². The van der Waals surface area contributed by atoms with E-state index in [2.05, 4.69) is 33.1 Å². The smallest absolute Gasteiger partial charge is 0.319 e. The molecule has 2 N–H and O–H groups in total. The van der Waals surface area contributed by atoms with E-state index in [1.807, 2.05) is 42.5 Å². The Balaban J connectivity index is 2.04. The molecule has 2 amide bonds. The van der Waals surface area contributed by atoms with Gasteiger partial charge in [0.1, 0.15) is 0 Å². The highest BCUT2D eigenvalue weighted by Crippen LogP contribution is 2.35. The molecule has 4 nitrogen and oxygen atoms in total. The molecule has 1 heterocycles. The van der Waals surface area contributed by atoms with Crippen LogP contribution in [0, 0.1) is 5.92 Å². The minimum Gasteiger partial charge on any atom is -0.330 e. The third-order valence-corrected chi connectivity index (χ3v) is 4.57. The largest absolute Gasteiger partial charge is 0.330 e. The fourth-order valence-corrected chi connectivity index (χ4v) is 3.29. The summed E-state index contributed by atoms with van der Waals surface area (Å²) in [6, 6.07) is 15.7. The number of carbonyl (C=O) groups excluding carboxylic acids is 2. The minimum absolute atomic E-state index is 0.0798. The summed E-state index contributed by atoms with van der Waals surface area (Å²) < 4.78 is 0.839. The average Bonchev–Trinajstić information content (AvgIpc) is 2.55. The molecule has 1 aliphatic heterocycles. The Labute approximate surface area is 142 Å². The molecule has 23 heavy (non-hydrogen) atoms. The van der Waals surface area contributed by atoms with Crippen molar-refractivity contribution in [1.82, 2.24) is 10.6 Å². The van der Waals surface area contributed by atoms with Gasteiger partial charge in [-0.15, -0.1) is 0 Å². The van der Waals surface area contributed by atoms with Crippen molar-refractivity contribution in [2.45, 2.75) is 6.04 Å². The number of urea groups is 1. The van der Waals surface area contributed by atoms with E-state index in [9.17, 15) is 9.59 Å². The molecule has 0 saturated carbocycles. The predicted molar refractivity (Wildman–Crippen MR) is 92.0 cm³/mol. The van der Waals surface area contributed by atoms with Gasteiger partial charge >= 0.3 is 6.03 Å². The molecule has 1 aliphatic rings. The summed E-state index contributed by atoms with van der Waals surface area (Å²) in [7, 11) is 0. The molecule has 0 unspecified atom stereocenters. The summed E-state index contributed by atoms with van der Waals surface area (Å²) in [5.74, 6) is -0.655. The van der Waals surface area contributed by atoms with Gasteiger partial charge in [0, 0.05) is 15.7 Å². The number of benzene rings is 2. The molecular formula is C18H15BrN2O2. The quantitative estimate of drug-likeness (QED) is 0.806. The van der Waals surface area contributed by atoms with Gasteiger partial charge in [-0.05, 0) is 11.6 Å². The van der Waals surface area contributed by atoms with Crippen LogP contribution >= 0.6 is 15.9 Å². The lowest BCUT2D eigenvalue weighted by Crippen LogP contribution is -2.50. The third-order valence-electron chi connectivity index (χ3n) is 3.85. The second-order valence-corrected chi connectivity index (χ2v) is 6.19. The van der Waals surface area contributed by atoms with Crippen molar-refractivity contribution >= 4 is 27.7 Å². The van der Waals surface area contributed by atoms with Crippen molar-refractivity contribution in [1.29, 1.82) is 0 Å². The van der Waals surface area contributed by atoms with E-state index in [1.54, 1.807) is 12.1 Å². The van der Waals surface area contributed by atoms with Gasteiger partial charge in [0.25, 0.3) is 0 Å². The molecule has 2 atom stereocenters. The first-order chi connectivity index (χ1) is 11.1. The zero-order valence-corrected chi connectivity index (χ0v) is 13.8. The molecule has 0 aromatic heterocycles. The number of ketones is 1. The lowest BCUT2D eigenvalue weighted by Gasteiger charge is -2.34. The number of carbonyl (C=O) groups is 2. The number of Topliss-reactive ketones (excluding diaryl/α,β-unsaturated/α-hetero) is 1. The van der Waals surface area contributed by atoms with Gasteiger partial charge in [-0.3, -0.25) is 4.79 Å². The topological polar surface area (TPSA) is 58.2 Å². The average molecular weight is 371 g/mol. The number of rotatable bonds is 3. The SMILES string of the molecule is C=C1NC(=O)N[C@@H](c2ccccc2Br)[C@H]1C(=O)c1ccccc1. The van der Waals surface area contributed by atoms with Crippen LogP contribution < -0.4 is 10.6 Å². The molecule has 0 bridgehead atoms. The van der Waals surface area contributed by atoms with E-state index in [4.69, 9.17) is 0 Å². The Hall–Kier alpha value is -2.40. The molecule has 0 aliphatic carbocycles. The standard InChI is InChI=1S/C18H15BrN2O2/c1-11-15(17(22)12-7-3-2-4-8-12)16(21-18(23)20-11)13-9-5-6-10-14(13)19/h2-10,15-16H,1H2,(H2,20,21,23)/t15-,16-/m0/s1. The summed E-state index contributed by atoms with van der Waals surface area (Å²) in [6.45, 7) is 3.89. The molecule has 116 valence electrons. The van der Waals surface area contributed by atoms with Crippen molar-refractivity contribution in [2.75, 3.05) is 0 Å². The Morgan fingerprint density at radius 2 is 1.70 bits per heavy atom. The second kappa shape index (κ2) is 6.38. The Morgan fingerprint density at radius 1 is 1.04 bits per heavy atom. The van der Waals surface area contributed by atoms with E-state index in [0.717, 1.165) is 10.0 Å². The lowest BCUT2D eigenvalue weighted by atomic mass is 9.83. The molecule has 2 aromatic carbocycles. The number of halogens is 1. The summed E-state index contributed by atoms with van der Waals surface area (Å²) in [6.07, 6.45) is 0. The molecule has 1 saturated heterocycles. The highest BCUT2D eigenvalue weighted by Gasteiger charge is 2.38. The van der Waals surface area contributed by atoms with E-state index in [0.29, 0.717) is 11.3 Å². The number of hydrogen-bond acceptors (Lipinski definition) is 2. The maximum absolute atomic E-state index is 12.9. The van der Waals surface area contributed by atoms with E-state index < -0.39 is 12.0 Å². The summed E-state index contributed by atoms with van der Waals surface area (Å²) in [5, 5.41) is 5.46. The zero-order chi connectivity index (χ0) is 16.4. The van der Waals surface area contributed by atoms with Crippen LogP contribution in [0.2, 0.25) is 0 Å². The van der Waals surface area contributed by atoms with Gasteiger partial charge < -0.3 is 10.6 Å². The fraction of sp³-hybridized carbons (Fsp3) is 0.111. The molecular weight excluding hydrogens is 356 g/mol. The normalized spacial score (nSPS) is 20.6. The number of hydrogen-bond donors (Lipinski definition) is 2. The molecule has 0 radical (unpaired) electrons. The first-order valence-corrected chi connectivity index (χ1v) is 7.97. The number of amides is 2. The van der Waals surface area contributed by atoms with Crippen LogP contribution in [0.25, 0.3) is 0 Å². The van der Waals surface area contributed by atoms with Crippen molar-refractivity contribution in [2.24, 2.45) is 5.92 Å². The van der Waals surface area contributed by atoms with Crippen LogP contribution in [0.15, 0.2) is 71.3 Å². The highest BCUT2D eigenvalue weighted by atomic mass is 79.9. The van der Waals surface area contributed by atoms with Crippen LogP contribution in [0.4, 0.5) is 4.79 Å². The Bertz CT molecular complexity index is 774. The monoisotopic (exact) mass is 370 g/mol. The van der Waals surface area contributed by atoms with E-state index in [-0.39, 0.29) is 11.8 Å². The molecule has 1 fully saturated rings. The molecule has 2 aromatic rings. The predicted octanol–water partition coefficient (Wildman–Crippen LogP) is 3.82. The first-order valence-electron chi connectivity index (χ1n) is 7.18. The van der Waals surface area contributed by atoms with Gasteiger partial charge in [-0.25, -0.2) is 4.79 Å². The van der Waals surface area contributed by atoms with Crippen molar-refractivity contribution in [3.63, 3.8) is 0 Å². The van der Waals surface area contributed by atoms with Gasteiger partial charge in [-0.1, -0.05) is 71.0 Å². The first kappa shape index (κ1) is 15.5. The third kappa shape index (κ3) is 3.05. The Kier molecular flexibility index (Phi) is 4.30. The van der Waals surface area contributed by atoms with Gasteiger partial charge in [0.2, 0.25) is 0 Å². The van der Waals surface area contributed by atoms with Gasteiger partial charge in [0.05, 0.1) is 12.0 Å². The zero-order valence-electron chi connectivity index (χ0n) is 12.3. The van der Waals surface area contributed by atoms with Crippen LogP contribution in [0.5, 0.6) is 0 Å². The second-order valence-electron chi connectivity index (χ2n) is 5.33. The molecule has 0 spiro atoms. The van der Waals surface area contributed by atoms with Gasteiger partial charge in [-0.2, -0.15) is 0 Å². The lowest BCUT2D eigenvalue weighted by molar-refractivity contribution is 0.0905. The van der Waals surface area contributed by atoms with Crippen LogP contribution in [0.3, 0.4) is 0 Å². The summed E-state index contributed by atoms with van der Waals surface area (Å²) in [5.41, 5.74) is 1.84. The molecule has 5 heteroatoms. The molecule has 3 rings (SSSR count). The fourth-order valence-electron chi connectivity index (χ4n) is 2.76.